The third kappa shape index (κ3) is 1.65. The molecule has 5 nitrogen and oxygen atoms in total. The van der Waals surface area contributed by atoms with Crippen molar-refractivity contribution in [1.29, 1.82) is 0 Å². The van der Waals surface area contributed by atoms with Crippen LogP contribution >= 0.6 is 0 Å². The molecule has 1 aliphatic rings. The molecule has 96 valence electrons. The highest BCUT2D eigenvalue weighted by Gasteiger charge is 2.17. The van der Waals surface area contributed by atoms with E-state index in [1.807, 2.05) is 6.07 Å². The molecule has 1 aliphatic heterocycles. The molecule has 0 unspecified atom stereocenters. The van der Waals surface area contributed by atoms with E-state index in [9.17, 15) is 0 Å². The minimum Gasteiger partial charge on any atom is -0.355 e. The minimum absolute atomic E-state index is 0.830. The van der Waals surface area contributed by atoms with E-state index in [1.165, 1.54) is 24.6 Å². The molecular formula is C14H15N5. The predicted octanol–water partition coefficient (Wildman–Crippen LogP) is 2.27. The fourth-order valence-corrected chi connectivity index (χ4v) is 2.85. The van der Waals surface area contributed by atoms with Crippen LogP contribution in [0.2, 0.25) is 0 Å². The van der Waals surface area contributed by atoms with E-state index >= 15 is 0 Å². The van der Waals surface area contributed by atoms with Crippen LogP contribution in [0.4, 0.5) is 5.82 Å². The summed E-state index contributed by atoms with van der Waals surface area (Å²) in [7, 11) is 0. The molecule has 0 N–H and O–H groups in total. The second-order valence-corrected chi connectivity index (χ2v) is 5.02. The Bertz CT molecular complexity index is 727. The third-order valence-corrected chi connectivity index (χ3v) is 3.80. The van der Waals surface area contributed by atoms with Gasteiger partial charge in [-0.3, -0.25) is 0 Å². The first kappa shape index (κ1) is 10.7. The molecule has 0 bridgehead atoms. The largest absolute Gasteiger partial charge is 0.355 e. The van der Waals surface area contributed by atoms with Crippen molar-refractivity contribution in [2.75, 3.05) is 18.0 Å². The molecule has 1 saturated heterocycles. The molecule has 0 aliphatic carbocycles. The van der Waals surface area contributed by atoms with Crippen LogP contribution in [0.1, 0.15) is 19.3 Å². The van der Waals surface area contributed by atoms with Gasteiger partial charge in [-0.05, 0) is 19.3 Å². The number of piperidine rings is 1. The van der Waals surface area contributed by atoms with E-state index in [-0.39, 0.29) is 0 Å². The highest BCUT2D eigenvalue weighted by Crippen LogP contribution is 2.28. The summed E-state index contributed by atoms with van der Waals surface area (Å²) in [4.78, 5) is 2.38. The van der Waals surface area contributed by atoms with Gasteiger partial charge in [-0.2, -0.15) is 4.52 Å². The van der Waals surface area contributed by atoms with Gasteiger partial charge in [0.25, 0.3) is 0 Å². The average Bonchev–Trinajstić information content (AvgIpc) is 2.96. The van der Waals surface area contributed by atoms with Gasteiger partial charge in [0.2, 0.25) is 0 Å². The lowest BCUT2D eigenvalue weighted by Gasteiger charge is -2.28. The summed E-state index contributed by atoms with van der Waals surface area (Å²) in [6.07, 6.45) is 5.49. The van der Waals surface area contributed by atoms with Gasteiger partial charge >= 0.3 is 0 Å². The number of nitrogens with zero attached hydrogens (tertiary/aromatic N) is 5. The Balaban J connectivity index is 2.00. The summed E-state index contributed by atoms with van der Waals surface area (Å²) in [5.41, 5.74) is 0.830. The first-order chi connectivity index (χ1) is 9.43. The van der Waals surface area contributed by atoms with Crippen molar-refractivity contribution in [3.63, 3.8) is 0 Å². The molecule has 3 aromatic rings. The Hall–Kier alpha value is -2.17. The van der Waals surface area contributed by atoms with Gasteiger partial charge in [0.05, 0.1) is 0 Å². The van der Waals surface area contributed by atoms with Crippen LogP contribution in [0.3, 0.4) is 0 Å². The summed E-state index contributed by atoms with van der Waals surface area (Å²) in [6, 6.07) is 8.32. The smallest absolute Gasteiger partial charge is 0.185 e. The Morgan fingerprint density at radius 2 is 1.74 bits per heavy atom. The molecule has 19 heavy (non-hydrogen) atoms. The Labute approximate surface area is 110 Å². The van der Waals surface area contributed by atoms with Crippen LogP contribution in [0.15, 0.2) is 30.6 Å². The fraction of sp³-hybridized carbons (Fsp3) is 0.357. The summed E-state index contributed by atoms with van der Waals surface area (Å²) < 4.78 is 1.78. The van der Waals surface area contributed by atoms with E-state index in [4.69, 9.17) is 5.10 Å². The number of aromatic nitrogens is 4. The molecular weight excluding hydrogens is 238 g/mol. The van der Waals surface area contributed by atoms with Crippen LogP contribution in [0, 0.1) is 0 Å². The lowest BCUT2D eigenvalue weighted by Crippen LogP contribution is -2.30. The zero-order valence-electron chi connectivity index (χ0n) is 10.7. The molecule has 2 aromatic heterocycles. The second kappa shape index (κ2) is 4.19. The standard InChI is InChI=1S/C14H15N5/c1-4-8-18(9-5-1)14-12-7-3-2-6-11(12)13-16-15-10-19(13)17-14/h2-3,6-7,10H,1,4-5,8-9H2. The van der Waals surface area contributed by atoms with Crippen LogP contribution < -0.4 is 4.90 Å². The van der Waals surface area contributed by atoms with E-state index < -0.39 is 0 Å². The maximum Gasteiger partial charge on any atom is 0.185 e. The Kier molecular flexibility index (Phi) is 2.36. The average molecular weight is 253 g/mol. The quantitative estimate of drug-likeness (QED) is 0.667. The summed E-state index contributed by atoms with van der Waals surface area (Å²) in [5, 5.41) is 15.1. The van der Waals surface area contributed by atoms with Crippen molar-refractivity contribution < 1.29 is 0 Å². The van der Waals surface area contributed by atoms with Crippen molar-refractivity contribution >= 4 is 22.2 Å². The van der Waals surface area contributed by atoms with Gasteiger partial charge in [-0.1, -0.05) is 24.3 Å². The fourth-order valence-electron chi connectivity index (χ4n) is 2.85. The monoisotopic (exact) mass is 253 g/mol. The van der Waals surface area contributed by atoms with Crippen molar-refractivity contribution in [3.8, 4) is 0 Å². The van der Waals surface area contributed by atoms with E-state index in [2.05, 4.69) is 33.3 Å². The zero-order chi connectivity index (χ0) is 12.7. The number of benzene rings is 1. The van der Waals surface area contributed by atoms with Gasteiger partial charge in [-0.15, -0.1) is 15.3 Å². The van der Waals surface area contributed by atoms with Gasteiger partial charge in [0, 0.05) is 23.9 Å². The lowest BCUT2D eigenvalue weighted by atomic mass is 10.1. The normalized spacial score (nSPS) is 16.3. The molecule has 1 aromatic carbocycles. The molecule has 0 spiro atoms. The molecule has 4 rings (SSSR count). The predicted molar refractivity (Wildman–Crippen MR) is 74.4 cm³/mol. The van der Waals surface area contributed by atoms with Crippen molar-refractivity contribution in [2.45, 2.75) is 19.3 Å². The first-order valence-corrected chi connectivity index (χ1v) is 6.77. The number of fused-ring (bicyclic) bond motifs is 3. The van der Waals surface area contributed by atoms with Crippen molar-refractivity contribution in [3.05, 3.63) is 30.6 Å². The summed E-state index contributed by atoms with van der Waals surface area (Å²) in [5.74, 6) is 1.06. The zero-order valence-corrected chi connectivity index (χ0v) is 10.7. The molecule has 0 amide bonds. The minimum atomic E-state index is 0.830. The maximum absolute atomic E-state index is 4.70. The van der Waals surface area contributed by atoms with E-state index in [1.54, 1.807) is 10.8 Å². The van der Waals surface area contributed by atoms with Gasteiger partial charge in [-0.25, -0.2) is 0 Å². The molecule has 3 heterocycles. The van der Waals surface area contributed by atoms with Crippen LogP contribution in [0.5, 0.6) is 0 Å². The van der Waals surface area contributed by atoms with Crippen LogP contribution in [-0.2, 0) is 0 Å². The highest BCUT2D eigenvalue weighted by atomic mass is 15.4. The topological polar surface area (TPSA) is 46.3 Å². The van der Waals surface area contributed by atoms with Crippen molar-refractivity contribution in [2.24, 2.45) is 0 Å². The van der Waals surface area contributed by atoms with E-state index in [0.717, 1.165) is 29.9 Å². The second-order valence-electron chi connectivity index (χ2n) is 5.02. The molecule has 0 radical (unpaired) electrons. The number of hydrogen-bond donors (Lipinski definition) is 0. The van der Waals surface area contributed by atoms with E-state index in [0.29, 0.717) is 0 Å². The summed E-state index contributed by atoms with van der Waals surface area (Å²) in [6.45, 7) is 2.18. The molecule has 0 saturated carbocycles. The number of anilines is 1. The Morgan fingerprint density at radius 3 is 2.58 bits per heavy atom. The summed E-state index contributed by atoms with van der Waals surface area (Å²) >= 11 is 0. The highest BCUT2D eigenvalue weighted by molar-refractivity contribution is 6.00. The van der Waals surface area contributed by atoms with Crippen molar-refractivity contribution in [1.82, 2.24) is 19.8 Å². The molecule has 1 fully saturated rings. The first-order valence-electron chi connectivity index (χ1n) is 6.77. The van der Waals surface area contributed by atoms with Gasteiger partial charge in [0.1, 0.15) is 6.33 Å². The Morgan fingerprint density at radius 1 is 0.947 bits per heavy atom. The number of hydrogen-bond acceptors (Lipinski definition) is 4. The lowest BCUT2D eigenvalue weighted by molar-refractivity contribution is 0.572. The van der Waals surface area contributed by atoms with Gasteiger partial charge < -0.3 is 4.90 Å². The van der Waals surface area contributed by atoms with Crippen LogP contribution in [0.25, 0.3) is 16.4 Å². The third-order valence-electron chi connectivity index (χ3n) is 3.80. The number of rotatable bonds is 1. The molecule has 5 heteroatoms. The van der Waals surface area contributed by atoms with Gasteiger partial charge in [0.15, 0.2) is 11.5 Å². The maximum atomic E-state index is 4.70. The SMILES string of the molecule is c1ccc2c(c1)c(N1CCCCC1)nn1cnnc21. The van der Waals surface area contributed by atoms with Crippen LogP contribution in [-0.4, -0.2) is 32.9 Å². The molecule has 0 atom stereocenters.